The van der Waals surface area contributed by atoms with Crippen molar-refractivity contribution in [3.05, 3.63) is 34.1 Å². The summed E-state index contributed by atoms with van der Waals surface area (Å²) in [5.74, 6) is 0.237. The first-order valence-corrected chi connectivity index (χ1v) is 7.11. The highest BCUT2D eigenvalue weighted by Gasteiger charge is 2.43. The highest BCUT2D eigenvalue weighted by atomic mass is 79.9. The number of hydrogen-bond donors (Lipinski definition) is 2. The van der Waals surface area contributed by atoms with Crippen molar-refractivity contribution in [2.75, 3.05) is 6.54 Å². The lowest BCUT2D eigenvalue weighted by atomic mass is 9.77. The third-order valence-electron chi connectivity index (χ3n) is 4.13. The molecule has 4 heteroatoms. The van der Waals surface area contributed by atoms with Gasteiger partial charge in [-0.2, -0.15) is 0 Å². The second-order valence-corrected chi connectivity index (χ2v) is 6.34. The molecule has 0 amide bonds. The number of halogens is 2. The Labute approximate surface area is 116 Å². The average molecular weight is 316 g/mol. The number of aliphatic hydroxyl groups excluding tert-OH is 1. The Morgan fingerprint density at radius 2 is 2.33 bits per heavy atom. The summed E-state index contributed by atoms with van der Waals surface area (Å²) in [6.07, 6.45) is 2.15. The van der Waals surface area contributed by atoms with Crippen molar-refractivity contribution < 1.29 is 9.50 Å². The summed E-state index contributed by atoms with van der Waals surface area (Å²) in [4.78, 5) is 0. The Morgan fingerprint density at radius 1 is 1.61 bits per heavy atom. The zero-order valence-corrected chi connectivity index (χ0v) is 12.1. The summed E-state index contributed by atoms with van der Waals surface area (Å²) in [5, 5.41) is 10.6. The van der Waals surface area contributed by atoms with Gasteiger partial charge in [-0.3, -0.25) is 0 Å². The minimum absolute atomic E-state index is 0.310. The molecule has 2 rings (SSSR count). The van der Waals surface area contributed by atoms with E-state index >= 15 is 0 Å². The molecule has 0 bridgehead atoms. The fourth-order valence-electron chi connectivity index (χ4n) is 3.03. The molecule has 1 aliphatic rings. The molecular formula is C14H19BrFNO. The van der Waals surface area contributed by atoms with Gasteiger partial charge in [-0.15, -0.1) is 0 Å². The normalized spacial score (nSPS) is 29.5. The van der Waals surface area contributed by atoms with Gasteiger partial charge in [0.2, 0.25) is 0 Å². The van der Waals surface area contributed by atoms with Gasteiger partial charge < -0.3 is 10.8 Å². The molecule has 3 unspecified atom stereocenters. The van der Waals surface area contributed by atoms with Crippen molar-refractivity contribution in [1.82, 2.24) is 0 Å². The van der Waals surface area contributed by atoms with Gasteiger partial charge in [-0.05, 0) is 42.5 Å². The lowest BCUT2D eigenvalue weighted by Gasteiger charge is -2.34. The Balaban J connectivity index is 2.34. The number of rotatable bonds is 3. The highest BCUT2D eigenvalue weighted by Crippen LogP contribution is 2.50. The maximum Gasteiger partial charge on any atom is 0.123 e. The lowest BCUT2D eigenvalue weighted by molar-refractivity contribution is 0.0300. The van der Waals surface area contributed by atoms with E-state index in [1.54, 1.807) is 6.07 Å². The summed E-state index contributed by atoms with van der Waals surface area (Å²) >= 11 is 3.38. The first-order chi connectivity index (χ1) is 8.48. The summed E-state index contributed by atoms with van der Waals surface area (Å²) in [7, 11) is 0. The first kappa shape index (κ1) is 14.0. The molecule has 0 aliphatic heterocycles. The molecule has 0 aromatic heterocycles. The third-order valence-corrected chi connectivity index (χ3v) is 4.85. The second kappa shape index (κ2) is 5.27. The quantitative estimate of drug-likeness (QED) is 0.898. The molecule has 1 fully saturated rings. The topological polar surface area (TPSA) is 46.2 Å². The van der Waals surface area contributed by atoms with Gasteiger partial charge in [-0.25, -0.2) is 4.39 Å². The smallest absolute Gasteiger partial charge is 0.123 e. The molecule has 1 aliphatic carbocycles. The zero-order valence-electron chi connectivity index (χ0n) is 10.5. The number of aliphatic hydroxyl groups is 1. The predicted octanol–water partition coefficient (Wildman–Crippen LogP) is 3.39. The fourth-order valence-corrected chi connectivity index (χ4v) is 3.49. The SMILES string of the molecule is CC1CCC(CN)(C(O)c2cc(F)ccc2Br)C1. The molecular weight excluding hydrogens is 297 g/mol. The summed E-state index contributed by atoms with van der Waals surface area (Å²) in [6, 6.07) is 4.42. The maximum absolute atomic E-state index is 13.3. The van der Waals surface area contributed by atoms with Gasteiger partial charge in [0.25, 0.3) is 0 Å². The lowest BCUT2D eigenvalue weighted by Crippen LogP contribution is -2.34. The van der Waals surface area contributed by atoms with Crippen LogP contribution in [0.2, 0.25) is 0 Å². The number of nitrogens with two attached hydrogens (primary N) is 1. The van der Waals surface area contributed by atoms with Crippen LogP contribution >= 0.6 is 15.9 Å². The van der Waals surface area contributed by atoms with Crippen LogP contribution in [-0.2, 0) is 0 Å². The van der Waals surface area contributed by atoms with E-state index in [0.29, 0.717) is 18.0 Å². The van der Waals surface area contributed by atoms with Crippen LogP contribution in [0.15, 0.2) is 22.7 Å². The van der Waals surface area contributed by atoms with E-state index < -0.39 is 6.10 Å². The fraction of sp³-hybridized carbons (Fsp3) is 0.571. The Kier molecular flexibility index (Phi) is 4.09. The predicted molar refractivity (Wildman–Crippen MR) is 73.6 cm³/mol. The van der Waals surface area contributed by atoms with Gasteiger partial charge in [0.15, 0.2) is 0 Å². The van der Waals surface area contributed by atoms with E-state index in [-0.39, 0.29) is 11.2 Å². The van der Waals surface area contributed by atoms with Crippen LogP contribution in [0, 0.1) is 17.2 Å². The van der Waals surface area contributed by atoms with Crippen LogP contribution in [0.25, 0.3) is 0 Å². The van der Waals surface area contributed by atoms with Crippen LogP contribution in [-0.4, -0.2) is 11.7 Å². The average Bonchev–Trinajstić information content (AvgIpc) is 2.74. The van der Waals surface area contributed by atoms with E-state index in [4.69, 9.17) is 5.73 Å². The van der Waals surface area contributed by atoms with Crippen LogP contribution in [0.5, 0.6) is 0 Å². The summed E-state index contributed by atoms with van der Waals surface area (Å²) in [5.41, 5.74) is 6.18. The molecule has 0 spiro atoms. The molecule has 0 heterocycles. The molecule has 18 heavy (non-hydrogen) atoms. The molecule has 1 aromatic rings. The number of hydrogen-bond acceptors (Lipinski definition) is 2. The Hall–Kier alpha value is -0.450. The van der Waals surface area contributed by atoms with Crippen molar-refractivity contribution in [3.63, 3.8) is 0 Å². The van der Waals surface area contributed by atoms with Crippen molar-refractivity contribution >= 4 is 15.9 Å². The largest absolute Gasteiger partial charge is 0.388 e. The van der Waals surface area contributed by atoms with Crippen molar-refractivity contribution in [2.45, 2.75) is 32.3 Å². The monoisotopic (exact) mass is 315 g/mol. The molecule has 3 N–H and O–H groups in total. The molecule has 0 radical (unpaired) electrons. The van der Waals surface area contributed by atoms with Gasteiger partial charge in [0, 0.05) is 16.4 Å². The van der Waals surface area contributed by atoms with Crippen molar-refractivity contribution in [1.29, 1.82) is 0 Å². The summed E-state index contributed by atoms with van der Waals surface area (Å²) < 4.78 is 14.1. The first-order valence-electron chi connectivity index (χ1n) is 6.31. The van der Waals surface area contributed by atoms with Crippen molar-refractivity contribution in [2.24, 2.45) is 17.1 Å². The molecule has 0 saturated heterocycles. The van der Waals surface area contributed by atoms with Gasteiger partial charge in [0.1, 0.15) is 5.82 Å². The van der Waals surface area contributed by atoms with Crippen LogP contribution in [0.4, 0.5) is 4.39 Å². The van der Waals surface area contributed by atoms with E-state index in [1.165, 1.54) is 12.1 Å². The van der Waals surface area contributed by atoms with Crippen LogP contribution in [0.3, 0.4) is 0 Å². The van der Waals surface area contributed by atoms with Gasteiger partial charge in [-0.1, -0.05) is 29.3 Å². The van der Waals surface area contributed by atoms with E-state index in [0.717, 1.165) is 23.7 Å². The molecule has 1 aromatic carbocycles. The molecule has 1 saturated carbocycles. The second-order valence-electron chi connectivity index (χ2n) is 5.48. The minimum atomic E-state index is -0.711. The van der Waals surface area contributed by atoms with Crippen molar-refractivity contribution in [3.8, 4) is 0 Å². The van der Waals surface area contributed by atoms with Crippen LogP contribution in [0.1, 0.15) is 37.9 Å². The standard InChI is InChI=1S/C14H19BrFNO/c1-9-4-5-14(7-9,8-17)13(18)11-6-10(16)2-3-12(11)15/h2-3,6,9,13,18H,4-5,7-8,17H2,1H3. The van der Waals surface area contributed by atoms with Gasteiger partial charge in [0.05, 0.1) is 6.10 Å². The molecule has 3 atom stereocenters. The maximum atomic E-state index is 13.3. The highest BCUT2D eigenvalue weighted by molar-refractivity contribution is 9.10. The van der Waals surface area contributed by atoms with E-state index in [2.05, 4.69) is 22.9 Å². The minimum Gasteiger partial charge on any atom is -0.388 e. The number of benzene rings is 1. The summed E-state index contributed by atoms with van der Waals surface area (Å²) in [6.45, 7) is 2.60. The molecule has 2 nitrogen and oxygen atoms in total. The van der Waals surface area contributed by atoms with E-state index in [1.807, 2.05) is 0 Å². The third kappa shape index (κ3) is 2.46. The van der Waals surface area contributed by atoms with Gasteiger partial charge >= 0.3 is 0 Å². The Bertz CT molecular complexity index is 440. The van der Waals surface area contributed by atoms with E-state index in [9.17, 15) is 9.50 Å². The molecule has 100 valence electrons. The Morgan fingerprint density at radius 3 is 2.89 bits per heavy atom. The van der Waals surface area contributed by atoms with Crippen LogP contribution < -0.4 is 5.73 Å². The zero-order chi connectivity index (χ0) is 13.3.